The number of aromatic nitrogens is 2. The molecule has 0 unspecified atom stereocenters. The summed E-state index contributed by atoms with van der Waals surface area (Å²) in [7, 11) is 0. The van der Waals surface area contributed by atoms with Gasteiger partial charge in [-0.05, 0) is 23.8 Å². The van der Waals surface area contributed by atoms with Gasteiger partial charge in [0.05, 0.1) is 0 Å². The SMILES string of the molecule is c1ccc(CNc2ccnc(Nc3ccc4c(c3)OCO4)n2)cc1. The molecule has 0 saturated heterocycles. The van der Waals surface area contributed by atoms with Gasteiger partial charge in [-0.1, -0.05) is 30.3 Å². The van der Waals surface area contributed by atoms with Crippen molar-refractivity contribution in [3.63, 3.8) is 0 Å². The summed E-state index contributed by atoms with van der Waals surface area (Å²) in [6, 6.07) is 17.7. The first kappa shape index (κ1) is 14.3. The van der Waals surface area contributed by atoms with E-state index in [-0.39, 0.29) is 6.79 Å². The Morgan fingerprint density at radius 2 is 1.83 bits per heavy atom. The van der Waals surface area contributed by atoms with Crippen LogP contribution in [0.15, 0.2) is 60.8 Å². The third-order valence-corrected chi connectivity index (χ3v) is 3.60. The quantitative estimate of drug-likeness (QED) is 0.749. The van der Waals surface area contributed by atoms with Crippen LogP contribution in [0.1, 0.15) is 5.56 Å². The molecule has 3 aromatic rings. The predicted molar refractivity (Wildman–Crippen MR) is 91.6 cm³/mol. The zero-order valence-corrected chi connectivity index (χ0v) is 12.9. The molecule has 0 saturated carbocycles. The second-order valence-corrected chi connectivity index (χ2v) is 5.30. The molecule has 4 rings (SSSR count). The van der Waals surface area contributed by atoms with Gasteiger partial charge in [0.25, 0.3) is 0 Å². The summed E-state index contributed by atoms with van der Waals surface area (Å²) >= 11 is 0. The molecule has 6 heteroatoms. The van der Waals surface area contributed by atoms with Crippen LogP contribution >= 0.6 is 0 Å². The van der Waals surface area contributed by atoms with Gasteiger partial charge < -0.3 is 20.1 Å². The molecule has 0 bridgehead atoms. The number of nitrogens with one attached hydrogen (secondary N) is 2. The highest BCUT2D eigenvalue weighted by atomic mass is 16.7. The van der Waals surface area contributed by atoms with Gasteiger partial charge >= 0.3 is 0 Å². The Hall–Kier alpha value is -3.28. The molecular weight excluding hydrogens is 304 g/mol. The fourth-order valence-corrected chi connectivity index (χ4v) is 2.41. The standard InChI is InChI=1S/C18H16N4O2/c1-2-4-13(5-3-1)11-20-17-8-9-19-18(22-17)21-14-6-7-15-16(10-14)24-12-23-15/h1-10H,11-12H2,(H2,19,20,21,22). The summed E-state index contributed by atoms with van der Waals surface area (Å²) in [5.41, 5.74) is 2.04. The van der Waals surface area contributed by atoms with Crippen LogP contribution < -0.4 is 20.1 Å². The van der Waals surface area contributed by atoms with E-state index in [1.807, 2.05) is 42.5 Å². The lowest BCUT2D eigenvalue weighted by Gasteiger charge is -2.09. The van der Waals surface area contributed by atoms with Crippen LogP contribution in [0, 0.1) is 0 Å². The summed E-state index contributed by atoms with van der Waals surface area (Å²) in [5, 5.41) is 6.47. The summed E-state index contributed by atoms with van der Waals surface area (Å²) in [5.74, 6) is 2.75. The van der Waals surface area contributed by atoms with Crippen molar-refractivity contribution in [3.05, 3.63) is 66.4 Å². The van der Waals surface area contributed by atoms with Gasteiger partial charge in [-0.3, -0.25) is 0 Å². The van der Waals surface area contributed by atoms with E-state index in [0.29, 0.717) is 12.5 Å². The number of anilines is 3. The first-order valence-corrected chi connectivity index (χ1v) is 7.64. The summed E-state index contributed by atoms with van der Waals surface area (Å²) in [6.45, 7) is 0.968. The molecule has 1 aromatic heterocycles. The van der Waals surface area contributed by atoms with Crippen molar-refractivity contribution in [2.75, 3.05) is 17.4 Å². The first-order valence-electron chi connectivity index (χ1n) is 7.64. The van der Waals surface area contributed by atoms with E-state index < -0.39 is 0 Å². The van der Waals surface area contributed by atoms with E-state index in [1.165, 1.54) is 5.56 Å². The third kappa shape index (κ3) is 3.22. The maximum absolute atomic E-state index is 5.37. The Bertz CT molecular complexity index is 839. The first-order chi connectivity index (χ1) is 11.9. The van der Waals surface area contributed by atoms with Crippen LogP contribution in [0.5, 0.6) is 11.5 Å². The maximum atomic E-state index is 5.37. The largest absolute Gasteiger partial charge is 0.454 e. The second kappa shape index (κ2) is 6.45. The molecule has 0 spiro atoms. The topological polar surface area (TPSA) is 68.3 Å². The number of benzene rings is 2. The average Bonchev–Trinajstić information content (AvgIpc) is 3.09. The predicted octanol–water partition coefficient (Wildman–Crippen LogP) is 3.56. The Morgan fingerprint density at radius 1 is 0.958 bits per heavy atom. The van der Waals surface area contributed by atoms with Gasteiger partial charge in [-0.2, -0.15) is 4.98 Å². The summed E-state index contributed by atoms with van der Waals surface area (Å²) < 4.78 is 10.7. The maximum Gasteiger partial charge on any atom is 0.231 e. The molecular formula is C18H16N4O2. The van der Waals surface area contributed by atoms with E-state index in [1.54, 1.807) is 6.20 Å². The monoisotopic (exact) mass is 320 g/mol. The van der Waals surface area contributed by atoms with Crippen LogP contribution in [-0.2, 0) is 6.54 Å². The smallest absolute Gasteiger partial charge is 0.231 e. The Morgan fingerprint density at radius 3 is 2.75 bits per heavy atom. The molecule has 0 atom stereocenters. The highest BCUT2D eigenvalue weighted by Gasteiger charge is 2.13. The van der Waals surface area contributed by atoms with Crippen LogP contribution in [0.2, 0.25) is 0 Å². The van der Waals surface area contributed by atoms with Gasteiger partial charge in [-0.25, -0.2) is 4.98 Å². The van der Waals surface area contributed by atoms with E-state index in [4.69, 9.17) is 9.47 Å². The summed E-state index contributed by atoms with van der Waals surface area (Å²) in [6.07, 6.45) is 1.72. The van der Waals surface area contributed by atoms with Crippen molar-refractivity contribution in [1.82, 2.24) is 9.97 Å². The molecule has 1 aliphatic rings. The van der Waals surface area contributed by atoms with Gasteiger partial charge in [0.1, 0.15) is 5.82 Å². The molecule has 120 valence electrons. The van der Waals surface area contributed by atoms with Crippen molar-refractivity contribution in [1.29, 1.82) is 0 Å². The highest BCUT2D eigenvalue weighted by Crippen LogP contribution is 2.34. The van der Waals surface area contributed by atoms with Crippen LogP contribution in [0.3, 0.4) is 0 Å². The van der Waals surface area contributed by atoms with Crippen LogP contribution in [0.25, 0.3) is 0 Å². The van der Waals surface area contributed by atoms with Crippen molar-refractivity contribution in [2.45, 2.75) is 6.54 Å². The summed E-state index contributed by atoms with van der Waals surface area (Å²) in [4.78, 5) is 8.72. The number of nitrogens with zero attached hydrogens (tertiary/aromatic N) is 2. The number of hydrogen-bond donors (Lipinski definition) is 2. The molecule has 1 aliphatic heterocycles. The van der Waals surface area contributed by atoms with Crippen molar-refractivity contribution in [2.24, 2.45) is 0 Å². The molecule has 0 fully saturated rings. The average molecular weight is 320 g/mol. The highest BCUT2D eigenvalue weighted by molar-refractivity contribution is 5.61. The second-order valence-electron chi connectivity index (χ2n) is 5.30. The lowest BCUT2D eigenvalue weighted by atomic mass is 10.2. The zero-order valence-electron chi connectivity index (χ0n) is 12.9. The van der Waals surface area contributed by atoms with Crippen LogP contribution in [0.4, 0.5) is 17.5 Å². The minimum absolute atomic E-state index is 0.258. The van der Waals surface area contributed by atoms with Crippen molar-refractivity contribution in [3.8, 4) is 11.5 Å². The van der Waals surface area contributed by atoms with Gasteiger partial charge in [-0.15, -0.1) is 0 Å². The third-order valence-electron chi connectivity index (χ3n) is 3.60. The fraction of sp³-hybridized carbons (Fsp3) is 0.111. The van der Waals surface area contributed by atoms with Crippen molar-refractivity contribution >= 4 is 17.5 Å². The van der Waals surface area contributed by atoms with Crippen LogP contribution in [-0.4, -0.2) is 16.8 Å². The Kier molecular flexibility index (Phi) is 3.85. The minimum atomic E-state index is 0.258. The van der Waals surface area contributed by atoms with Gasteiger partial charge in [0.15, 0.2) is 11.5 Å². The molecule has 24 heavy (non-hydrogen) atoms. The number of hydrogen-bond acceptors (Lipinski definition) is 6. The van der Waals surface area contributed by atoms with E-state index in [2.05, 4.69) is 32.7 Å². The number of rotatable bonds is 5. The van der Waals surface area contributed by atoms with E-state index in [9.17, 15) is 0 Å². The molecule has 0 aliphatic carbocycles. The van der Waals surface area contributed by atoms with Crippen molar-refractivity contribution < 1.29 is 9.47 Å². The Balaban J connectivity index is 1.44. The molecule has 2 aromatic carbocycles. The van der Waals surface area contributed by atoms with E-state index >= 15 is 0 Å². The molecule has 0 amide bonds. The Labute approximate surface area is 139 Å². The van der Waals surface area contributed by atoms with Gasteiger partial charge in [0, 0.05) is 24.5 Å². The minimum Gasteiger partial charge on any atom is -0.454 e. The zero-order chi connectivity index (χ0) is 16.2. The molecule has 0 radical (unpaired) electrons. The molecule has 2 heterocycles. The molecule has 2 N–H and O–H groups in total. The van der Waals surface area contributed by atoms with Gasteiger partial charge in [0.2, 0.25) is 12.7 Å². The fourth-order valence-electron chi connectivity index (χ4n) is 2.41. The lowest BCUT2D eigenvalue weighted by molar-refractivity contribution is 0.174. The number of fused-ring (bicyclic) bond motifs is 1. The number of ether oxygens (including phenoxy) is 2. The van der Waals surface area contributed by atoms with E-state index in [0.717, 1.165) is 23.0 Å². The molecule has 6 nitrogen and oxygen atoms in total. The lowest BCUT2D eigenvalue weighted by Crippen LogP contribution is -2.04. The normalized spacial score (nSPS) is 12.0.